The molecule has 2 N–H and O–H groups in total. The second kappa shape index (κ2) is 3.77. The molecule has 0 aliphatic rings. The standard InChI is InChI=1S/C5H10N4O4S2/c1-4-6-5(8-7-4)9-15(12,13)3-14(2,10)11/h3H2,1-2H3,(H2,6,7,8,9). The zero-order chi connectivity index (χ0) is 11.7. The van der Waals surface area contributed by atoms with Crippen LogP contribution in [0.3, 0.4) is 0 Å². The lowest BCUT2D eigenvalue weighted by atomic mass is 10.8. The summed E-state index contributed by atoms with van der Waals surface area (Å²) in [5.74, 6) is 0.253. The SMILES string of the molecule is Cc1nc(NS(=O)(=O)CS(C)(=O)=O)n[nH]1. The Kier molecular flexibility index (Phi) is 3.00. The quantitative estimate of drug-likeness (QED) is 0.700. The summed E-state index contributed by atoms with van der Waals surface area (Å²) in [5, 5.41) is 4.93. The first-order chi connectivity index (χ1) is 6.68. The molecular weight excluding hydrogens is 244 g/mol. The minimum atomic E-state index is -3.96. The van der Waals surface area contributed by atoms with Gasteiger partial charge in [0.2, 0.25) is 10.0 Å². The lowest BCUT2D eigenvalue weighted by Crippen LogP contribution is -2.22. The second-order valence-electron chi connectivity index (χ2n) is 3.00. The highest BCUT2D eigenvalue weighted by molar-refractivity contribution is 8.08. The summed E-state index contributed by atoms with van der Waals surface area (Å²) < 4.78 is 46.0. The van der Waals surface area contributed by atoms with E-state index in [9.17, 15) is 16.8 Å². The minimum Gasteiger partial charge on any atom is -0.261 e. The van der Waals surface area contributed by atoms with E-state index in [1.165, 1.54) is 0 Å². The van der Waals surface area contributed by atoms with Crippen molar-refractivity contribution in [2.24, 2.45) is 0 Å². The molecule has 1 heterocycles. The number of aromatic nitrogens is 3. The van der Waals surface area contributed by atoms with Crippen molar-refractivity contribution in [2.75, 3.05) is 16.1 Å². The van der Waals surface area contributed by atoms with Crippen LogP contribution >= 0.6 is 0 Å². The normalized spacial score (nSPS) is 12.7. The van der Waals surface area contributed by atoms with Crippen LogP contribution in [-0.4, -0.2) is 43.4 Å². The van der Waals surface area contributed by atoms with Crippen molar-refractivity contribution >= 4 is 25.8 Å². The lowest BCUT2D eigenvalue weighted by Gasteiger charge is -2.01. The Morgan fingerprint density at radius 2 is 1.93 bits per heavy atom. The minimum absolute atomic E-state index is 0.170. The van der Waals surface area contributed by atoms with Gasteiger partial charge in [-0.2, -0.15) is 4.98 Å². The van der Waals surface area contributed by atoms with Crippen LogP contribution in [-0.2, 0) is 19.9 Å². The maximum absolute atomic E-state index is 11.2. The van der Waals surface area contributed by atoms with Crippen LogP contribution in [0, 0.1) is 6.92 Å². The zero-order valence-electron chi connectivity index (χ0n) is 8.05. The molecule has 8 nitrogen and oxygen atoms in total. The highest BCUT2D eigenvalue weighted by Crippen LogP contribution is 2.03. The van der Waals surface area contributed by atoms with Gasteiger partial charge in [-0.05, 0) is 6.92 Å². The fourth-order valence-electron chi connectivity index (χ4n) is 0.839. The Morgan fingerprint density at radius 1 is 1.33 bits per heavy atom. The van der Waals surface area contributed by atoms with E-state index in [4.69, 9.17) is 0 Å². The van der Waals surface area contributed by atoms with Gasteiger partial charge in [0.05, 0.1) is 0 Å². The highest BCUT2D eigenvalue weighted by Gasteiger charge is 2.19. The van der Waals surface area contributed by atoms with Gasteiger partial charge in [-0.15, -0.1) is 5.10 Å². The predicted molar refractivity (Wildman–Crippen MR) is 53.4 cm³/mol. The number of rotatable bonds is 4. The van der Waals surface area contributed by atoms with Gasteiger partial charge in [0, 0.05) is 6.26 Å². The van der Waals surface area contributed by atoms with E-state index in [1.54, 1.807) is 6.92 Å². The molecule has 15 heavy (non-hydrogen) atoms. The van der Waals surface area contributed by atoms with E-state index < -0.39 is 24.9 Å². The molecule has 0 bridgehead atoms. The van der Waals surface area contributed by atoms with Crippen molar-refractivity contribution in [3.8, 4) is 0 Å². The molecule has 0 saturated carbocycles. The maximum Gasteiger partial charge on any atom is 0.255 e. The third-order valence-corrected chi connectivity index (χ3v) is 4.66. The fourth-order valence-corrected chi connectivity index (χ4v) is 3.70. The molecule has 86 valence electrons. The average Bonchev–Trinajstić information content (AvgIpc) is 2.27. The average molecular weight is 254 g/mol. The third-order valence-electron chi connectivity index (χ3n) is 1.21. The topological polar surface area (TPSA) is 122 Å². The first-order valence-electron chi connectivity index (χ1n) is 3.75. The van der Waals surface area contributed by atoms with Crippen molar-refractivity contribution < 1.29 is 16.8 Å². The Bertz CT molecular complexity index is 543. The number of hydrogen-bond acceptors (Lipinski definition) is 6. The number of sulfonamides is 1. The van der Waals surface area contributed by atoms with Crippen LogP contribution in [0.1, 0.15) is 5.82 Å². The molecular formula is C5H10N4O4S2. The third kappa shape index (κ3) is 4.25. The molecule has 0 amide bonds. The first kappa shape index (κ1) is 11.9. The van der Waals surface area contributed by atoms with Crippen molar-refractivity contribution in [1.29, 1.82) is 0 Å². The Hall–Kier alpha value is -1.16. The van der Waals surface area contributed by atoms with Crippen LogP contribution < -0.4 is 4.72 Å². The second-order valence-corrected chi connectivity index (χ2v) is 7.23. The van der Waals surface area contributed by atoms with E-state index in [-0.39, 0.29) is 5.95 Å². The van der Waals surface area contributed by atoms with E-state index in [2.05, 4.69) is 15.2 Å². The number of hydrogen-bond donors (Lipinski definition) is 2. The number of anilines is 1. The van der Waals surface area contributed by atoms with Crippen LogP contribution in [0.2, 0.25) is 0 Å². The molecule has 0 atom stereocenters. The molecule has 0 spiro atoms. The number of aromatic amines is 1. The molecule has 1 aromatic rings. The fraction of sp³-hybridized carbons (Fsp3) is 0.600. The van der Waals surface area contributed by atoms with Crippen LogP contribution in [0.15, 0.2) is 0 Å². The van der Waals surface area contributed by atoms with E-state index in [1.807, 2.05) is 4.72 Å². The number of sulfone groups is 1. The van der Waals surface area contributed by atoms with Crippen molar-refractivity contribution in [3.05, 3.63) is 5.82 Å². The molecule has 0 unspecified atom stereocenters. The molecule has 1 aromatic heterocycles. The Balaban J connectivity index is 2.82. The number of nitrogens with one attached hydrogen (secondary N) is 2. The molecule has 0 aliphatic heterocycles. The van der Waals surface area contributed by atoms with E-state index in [0.29, 0.717) is 5.82 Å². The zero-order valence-corrected chi connectivity index (χ0v) is 9.68. The van der Waals surface area contributed by atoms with Gasteiger partial charge in [-0.3, -0.25) is 5.10 Å². The molecule has 0 aromatic carbocycles. The number of aryl methyl sites for hydroxylation is 1. The molecule has 0 aliphatic carbocycles. The predicted octanol–water partition coefficient (Wildman–Crippen LogP) is -1.14. The van der Waals surface area contributed by atoms with Crippen LogP contribution in [0.5, 0.6) is 0 Å². The van der Waals surface area contributed by atoms with Crippen LogP contribution in [0.4, 0.5) is 5.95 Å². The maximum atomic E-state index is 11.2. The van der Waals surface area contributed by atoms with Crippen molar-refractivity contribution in [2.45, 2.75) is 6.92 Å². The summed E-state index contributed by atoms with van der Waals surface area (Å²) in [6, 6.07) is 0. The van der Waals surface area contributed by atoms with Crippen molar-refractivity contribution in [3.63, 3.8) is 0 Å². The van der Waals surface area contributed by atoms with Gasteiger partial charge in [-0.25, -0.2) is 21.6 Å². The number of nitrogens with zero attached hydrogens (tertiary/aromatic N) is 2. The van der Waals surface area contributed by atoms with Gasteiger partial charge in [0.1, 0.15) is 5.82 Å². The monoisotopic (exact) mass is 254 g/mol. The molecule has 10 heteroatoms. The summed E-state index contributed by atoms with van der Waals surface area (Å²) in [4.78, 5) is 3.67. The van der Waals surface area contributed by atoms with Gasteiger partial charge < -0.3 is 0 Å². The largest absolute Gasteiger partial charge is 0.261 e. The summed E-state index contributed by atoms with van der Waals surface area (Å²) in [5.41, 5.74) is 0. The van der Waals surface area contributed by atoms with Gasteiger partial charge in [0.25, 0.3) is 5.95 Å². The first-order valence-corrected chi connectivity index (χ1v) is 7.46. The van der Waals surface area contributed by atoms with Gasteiger partial charge >= 0.3 is 0 Å². The van der Waals surface area contributed by atoms with E-state index >= 15 is 0 Å². The number of H-pyrrole nitrogens is 1. The smallest absolute Gasteiger partial charge is 0.255 e. The summed E-state index contributed by atoms with van der Waals surface area (Å²) in [6.45, 7) is 1.58. The summed E-state index contributed by atoms with van der Waals surface area (Å²) in [6.07, 6.45) is 0.829. The molecule has 0 radical (unpaired) electrons. The molecule has 0 saturated heterocycles. The molecule has 1 rings (SSSR count). The van der Waals surface area contributed by atoms with Gasteiger partial charge in [0.15, 0.2) is 14.9 Å². The Labute approximate surface area is 87.1 Å². The molecule has 0 fully saturated rings. The lowest BCUT2D eigenvalue weighted by molar-refractivity contribution is 0.594. The van der Waals surface area contributed by atoms with E-state index in [0.717, 1.165) is 6.26 Å². The van der Waals surface area contributed by atoms with Gasteiger partial charge in [-0.1, -0.05) is 0 Å². The Morgan fingerprint density at radius 3 is 2.33 bits per heavy atom. The van der Waals surface area contributed by atoms with Crippen LogP contribution in [0.25, 0.3) is 0 Å². The highest BCUT2D eigenvalue weighted by atomic mass is 32.3. The summed E-state index contributed by atoms with van der Waals surface area (Å²) >= 11 is 0. The van der Waals surface area contributed by atoms with Crippen molar-refractivity contribution in [1.82, 2.24) is 15.2 Å². The summed E-state index contributed by atoms with van der Waals surface area (Å²) in [7, 11) is -7.57.